The Hall–Kier alpha value is -1.96. The summed E-state index contributed by atoms with van der Waals surface area (Å²) in [5.74, 6) is 1.08. The lowest BCUT2D eigenvalue weighted by Crippen LogP contribution is -2.07. The molecule has 2 nitrogen and oxygen atoms in total. The van der Waals surface area contributed by atoms with Gasteiger partial charge in [-0.05, 0) is 43.0 Å². The lowest BCUT2D eigenvalue weighted by atomic mass is 10.1. The minimum absolute atomic E-state index is 0.886. The van der Waals surface area contributed by atoms with E-state index in [4.69, 9.17) is 4.74 Å². The molecule has 2 heteroatoms. The molecule has 0 atom stereocenters. The molecular formula is C21H33NO. The van der Waals surface area contributed by atoms with Crippen molar-refractivity contribution in [1.82, 2.24) is 0 Å². The van der Waals surface area contributed by atoms with Crippen LogP contribution in [-0.4, -0.2) is 13.7 Å². The number of hydrogen-bond acceptors (Lipinski definition) is 2. The molecule has 0 aromatic heterocycles. The van der Waals surface area contributed by atoms with Crippen LogP contribution in [0, 0.1) is 6.92 Å². The Labute approximate surface area is 142 Å². The second-order valence-corrected chi connectivity index (χ2v) is 4.62. The van der Waals surface area contributed by atoms with Crippen LogP contribution in [0.5, 0.6) is 5.75 Å². The number of nitrogens with one attached hydrogen (secondary N) is 1. The molecule has 3 rings (SSSR count). The molecule has 128 valence electrons. The van der Waals surface area contributed by atoms with E-state index in [9.17, 15) is 0 Å². The third-order valence-corrected chi connectivity index (χ3v) is 3.24. The summed E-state index contributed by atoms with van der Waals surface area (Å²) in [6, 6.07) is 16.5. The van der Waals surface area contributed by atoms with Crippen LogP contribution in [0.3, 0.4) is 0 Å². The van der Waals surface area contributed by atoms with Gasteiger partial charge in [0, 0.05) is 12.7 Å². The van der Waals surface area contributed by atoms with E-state index in [-0.39, 0.29) is 0 Å². The summed E-state index contributed by atoms with van der Waals surface area (Å²) in [5, 5.41) is 3.10. The van der Waals surface area contributed by atoms with Gasteiger partial charge >= 0.3 is 0 Å². The topological polar surface area (TPSA) is 21.3 Å². The van der Waals surface area contributed by atoms with Gasteiger partial charge in [-0.25, -0.2) is 0 Å². The molecule has 0 bridgehead atoms. The lowest BCUT2D eigenvalue weighted by molar-refractivity contribution is 0.288. The first kappa shape index (κ1) is 21.0. The maximum Gasteiger partial charge on any atom is 0.122 e. The molecule has 1 heterocycles. The second kappa shape index (κ2) is 13.7. The van der Waals surface area contributed by atoms with E-state index in [1.807, 2.05) is 59.0 Å². The molecule has 1 aliphatic rings. The van der Waals surface area contributed by atoms with Crippen molar-refractivity contribution in [3.63, 3.8) is 0 Å². The quantitative estimate of drug-likeness (QED) is 0.686. The van der Waals surface area contributed by atoms with Crippen molar-refractivity contribution >= 4 is 5.69 Å². The third kappa shape index (κ3) is 7.73. The van der Waals surface area contributed by atoms with E-state index in [1.54, 1.807) is 0 Å². The Morgan fingerprint density at radius 2 is 1.48 bits per heavy atom. The Morgan fingerprint density at radius 3 is 2.04 bits per heavy atom. The van der Waals surface area contributed by atoms with Gasteiger partial charge in [-0.2, -0.15) is 0 Å². The number of rotatable bonds is 1. The highest BCUT2D eigenvalue weighted by Gasteiger charge is 2.06. The minimum Gasteiger partial charge on any atom is -0.493 e. The third-order valence-electron chi connectivity index (χ3n) is 3.24. The molecule has 0 saturated carbocycles. The predicted octanol–water partition coefficient (Wildman–Crippen LogP) is 6.10. The molecule has 1 N–H and O–H groups in total. The van der Waals surface area contributed by atoms with E-state index < -0.39 is 0 Å². The molecule has 0 amide bonds. The highest BCUT2D eigenvalue weighted by Crippen LogP contribution is 2.23. The van der Waals surface area contributed by atoms with Crippen LogP contribution in [0.25, 0.3) is 0 Å². The van der Waals surface area contributed by atoms with Crippen LogP contribution < -0.4 is 10.1 Å². The molecule has 0 fully saturated rings. The maximum atomic E-state index is 5.42. The van der Waals surface area contributed by atoms with Gasteiger partial charge in [-0.1, -0.05) is 64.1 Å². The lowest BCUT2D eigenvalue weighted by Gasteiger charge is -2.15. The highest BCUT2D eigenvalue weighted by atomic mass is 16.5. The SMILES string of the molecule is CC.CC.CNc1ccccc1C.c1ccc2c(c1)CCCO2. The van der Waals surface area contributed by atoms with Crippen molar-refractivity contribution in [1.29, 1.82) is 0 Å². The van der Waals surface area contributed by atoms with Gasteiger partial charge in [0.25, 0.3) is 0 Å². The second-order valence-electron chi connectivity index (χ2n) is 4.62. The number of benzene rings is 2. The van der Waals surface area contributed by atoms with E-state index in [1.165, 1.54) is 23.2 Å². The van der Waals surface area contributed by atoms with Gasteiger partial charge in [0.2, 0.25) is 0 Å². The molecule has 1 aliphatic heterocycles. The molecule has 0 aliphatic carbocycles. The zero-order valence-electron chi connectivity index (χ0n) is 15.6. The van der Waals surface area contributed by atoms with E-state index in [0.717, 1.165) is 18.8 Å². The van der Waals surface area contributed by atoms with Gasteiger partial charge in [-0.3, -0.25) is 0 Å². The number of aryl methyl sites for hydroxylation is 2. The number of fused-ring (bicyclic) bond motifs is 1. The summed E-state index contributed by atoms with van der Waals surface area (Å²) in [5.41, 5.74) is 3.85. The van der Waals surface area contributed by atoms with Gasteiger partial charge in [0.05, 0.1) is 6.61 Å². The predicted molar refractivity (Wildman–Crippen MR) is 104 cm³/mol. The van der Waals surface area contributed by atoms with E-state index >= 15 is 0 Å². The first-order chi connectivity index (χ1) is 11.3. The molecule has 2 aromatic rings. The fourth-order valence-electron chi connectivity index (χ4n) is 2.15. The van der Waals surface area contributed by atoms with Gasteiger partial charge in [-0.15, -0.1) is 0 Å². The van der Waals surface area contributed by atoms with Crippen LogP contribution >= 0.6 is 0 Å². The molecule has 0 unspecified atom stereocenters. The van der Waals surface area contributed by atoms with Gasteiger partial charge < -0.3 is 10.1 Å². The zero-order valence-corrected chi connectivity index (χ0v) is 15.6. The molecule has 0 saturated heterocycles. The van der Waals surface area contributed by atoms with E-state index in [2.05, 4.69) is 36.5 Å². The molecular weight excluding hydrogens is 282 g/mol. The molecule has 0 spiro atoms. The molecule has 0 radical (unpaired) electrons. The summed E-state index contributed by atoms with van der Waals surface area (Å²) in [4.78, 5) is 0. The first-order valence-electron chi connectivity index (χ1n) is 8.75. The fourth-order valence-corrected chi connectivity index (χ4v) is 2.15. The van der Waals surface area contributed by atoms with Gasteiger partial charge in [0.15, 0.2) is 0 Å². The van der Waals surface area contributed by atoms with Crippen LogP contribution in [0.4, 0.5) is 5.69 Å². The van der Waals surface area contributed by atoms with Gasteiger partial charge in [0.1, 0.15) is 5.75 Å². The average Bonchev–Trinajstić information content (AvgIpc) is 2.66. The van der Waals surface area contributed by atoms with Crippen LogP contribution in [0.1, 0.15) is 45.2 Å². The van der Waals surface area contributed by atoms with Crippen molar-refractivity contribution in [3.8, 4) is 5.75 Å². The van der Waals surface area contributed by atoms with E-state index in [0.29, 0.717) is 0 Å². The van der Waals surface area contributed by atoms with Crippen molar-refractivity contribution < 1.29 is 4.74 Å². The number of para-hydroxylation sites is 2. The van der Waals surface area contributed by atoms with Crippen molar-refractivity contribution in [2.45, 2.75) is 47.5 Å². The van der Waals surface area contributed by atoms with Crippen LogP contribution in [0.2, 0.25) is 0 Å². The Bertz CT molecular complexity index is 498. The summed E-state index contributed by atoms with van der Waals surface area (Å²) < 4.78 is 5.42. The largest absolute Gasteiger partial charge is 0.493 e. The molecule has 2 aromatic carbocycles. The van der Waals surface area contributed by atoms with Crippen molar-refractivity contribution in [2.24, 2.45) is 0 Å². The summed E-state index contributed by atoms with van der Waals surface area (Å²) in [6.07, 6.45) is 2.34. The van der Waals surface area contributed by atoms with Crippen LogP contribution in [-0.2, 0) is 6.42 Å². The summed E-state index contributed by atoms with van der Waals surface area (Å²) in [7, 11) is 1.93. The number of ether oxygens (including phenoxy) is 1. The fraction of sp³-hybridized carbons (Fsp3) is 0.429. The zero-order chi connectivity index (χ0) is 17.5. The van der Waals surface area contributed by atoms with Crippen molar-refractivity contribution in [3.05, 3.63) is 59.7 Å². The Kier molecular flexibility index (Phi) is 12.5. The smallest absolute Gasteiger partial charge is 0.122 e. The number of anilines is 1. The van der Waals surface area contributed by atoms with Crippen molar-refractivity contribution in [2.75, 3.05) is 19.0 Å². The van der Waals surface area contributed by atoms with Crippen LogP contribution in [0.15, 0.2) is 48.5 Å². The normalized spacial score (nSPS) is 10.9. The average molecular weight is 316 g/mol. The Morgan fingerprint density at radius 1 is 0.870 bits per heavy atom. The number of hydrogen-bond donors (Lipinski definition) is 1. The highest BCUT2D eigenvalue weighted by molar-refractivity contribution is 5.49. The summed E-state index contributed by atoms with van der Waals surface area (Å²) >= 11 is 0. The summed E-state index contributed by atoms with van der Waals surface area (Å²) in [6.45, 7) is 11.0. The minimum atomic E-state index is 0.886. The molecule has 23 heavy (non-hydrogen) atoms. The maximum absolute atomic E-state index is 5.42. The Balaban J connectivity index is 0.000000349. The monoisotopic (exact) mass is 315 g/mol. The standard InChI is InChI=1S/C9H10O.C8H11N.2C2H6/c1-2-6-9-8(4-1)5-3-7-10-9;1-7-5-3-4-6-8(7)9-2;2*1-2/h1-2,4,6H,3,5,7H2;3-6,9H,1-2H3;2*1-2H3. The first-order valence-corrected chi connectivity index (χ1v) is 8.75.